The molecule has 0 bridgehead atoms. The smallest absolute Gasteiger partial charge is 0.460 e. The monoisotopic (exact) mass is 379 g/mol. The first-order chi connectivity index (χ1) is 14.2. The van der Waals surface area contributed by atoms with Gasteiger partial charge in [-0.3, -0.25) is 0 Å². The Hall–Kier alpha value is -3.28. The fraction of sp³-hybridized carbons (Fsp3) is 0.0833. The lowest BCUT2D eigenvalue weighted by molar-refractivity contribution is 0.425. The van der Waals surface area contributed by atoms with E-state index in [9.17, 15) is 10.0 Å². The molecule has 5 aromatic rings. The lowest BCUT2D eigenvalue weighted by Gasteiger charge is -2.13. The second kappa shape index (κ2) is 6.11. The number of para-hydroxylation sites is 2. The summed E-state index contributed by atoms with van der Waals surface area (Å²) >= 11 is 0. The van der Waals surface area contributed by atoms with Crippen molar-refractivity contribution in [1.29, 1.82) is 0 Å². The molecular formula is C24H18BNO3. The third-order valence-electron chi connectivity index (χ3n) is 5.89. The number of hydrogen-bond donors (Lipinski definition) is 2. The van der Waals surface area contributed by atoms with Crippen molar-refractivity contribution in [2.45, 2.75) is 12.8 Å². The lowest BCUT2D eigenvalue weighted by atomic mass is 9.79. The zero-order valence-corrected chi connectivity index (χ0v) is 15.7. The Kier molecular flexibility index (Phi) is 3.51. The van der Waals surface area contributed by atoms with Gasteiger partial charge in [0.05, 0.1) is 16.4 Å². The summed E-state index contributed by atoms with van der Waals surface area (Å²) in [5.41, 5.74) is 5.29. The molecule has 0 spiro atoms. The molecule has 1 aliphatic rings. The van der Waals surface area contributed by atoms with E-state index in [1.807, 2.05) is 30.3 Å². The van der Waals surface area contributed by atoms with Gasteiger partial charge in [0.1, 0.15) is 11.3 Å². The van der Waals surface area contributed by atoms with E-state index in [1.165, 1.54) is 5.56 Å². The van der Waals surface area contributed by atoms with Crippen LogP contribution < -0.4 is 5.46 Å². The van der Waals surface area contributed by atoms with Crippen molar-refractivity contribution in [2.75, 3.05) is 0 Å². The van der Waals surface area contributed by atoms with E-state index in [-0.39, 0.29) is 0 Å². The number of aromatic nitrogens is 1. The second-order valence-electron chi connectivity index (χ2n) is 7.50. The SMILES string of the molecule is OB(O)c1ccccc1-n1c2ccccc2c2c3oc4c(c3ccc21)C=CCC4. The maximum absolute atomic E-state index is 9.95. The van der Waals surface area contributed by atoms with E-state index in [2.05, 4.69) is 41.0 Å². The van der Waals surface area contributed by atoms with Crippen LogP contribution in [0.1, 0.15) is 17.7 Å². The molecule has 0 aliphatic heterocycles. The summed E-state index contributed by atoms with van der Waals surface area (Å²) in [5.74, 6) is 1.04. The Labute approximate surface area is 167 Å². The van der Waals surface area contributed by atoms with Crippen LogP contribution in [0.25, 0.3) is 44.5 Å². The first-order valence-corrected chi connectivity index (χ1v) is 9.83. The number of benzene rings is 3. The number of nitrogens with zero attached hydrogens (tertiary/aromatic N) is 1. The highest BCUT2D eigenvalue weighted by atomic mass is 16.4. The Balaban J connectivity index is 1.80. The van der Waals surface area contributed by atoms with Gasteiger partial charge in [0, 0.05) is 33.9 Å². The van der Waals surface area contributed by atoms with Crippen LogP contribution in [-0.4, -0.2) is 21.7 Å². The standard InChI is InChI=1S/C24H18BNO3/c27-25(28)18-9-3-5-11-20(18)26-19-10-4-1-8-17(19)23-21(26)14-13-16-15-7-2-6-12-22(15)29-24(16)23/h1-5,7-11,13-14,27-28H,6,12H2. The Morgan fingerprint density at radius 2 is 1.69 bits per heavy atom. The Bertz CT molecular complexity index is 1440. The van der Waals surface area contributed by atoms with Gasteiger partial charge < -0.3 is 19.0 Å². The highest BCUT2D eigenvalue weighted by molar-refractivity contribution is 6.60. The number of aryl methyl sites for hydroxylation is 1. The van der Waals surface area contributed by atoms with Crippen molar-refractivity contribution in [3.8, 4) is 5.69 Å². The van der Waals surface area contributed by atoms with Gasteiger partial charge in [0.15, 0.2) is 0 Å². The molecule has 0 unspecified atom stereocenters. The number of fused-ring (bicyclic) bond motifs is 7. The minimum atomic E-state index is -1.55. The summed E-state index contributed by atoms with van der Waals surface area (Å²) in [5, 5.41) is 23.2. The first-order valence-electron chi connectivity index (χ1n) is 9.83. The maximum atomic E-state index is 9.95. The van der Waals surface area contributed by atoms with E-state index in [1.54, 1.807) is 6.07 Å². The summed E-state index contributed by atoms with van der Waals surface area (Å²) in [6.45, 7) is 0. The molecule has 0 saturated carbocycles. The summed E-state index contributed by atoms with van der Waals surface area (Å²) in [6, 6.07) is 19.8. The van der Waals surface area contributed by atoms with Crippen LogP contribution in [0.4, 0.5) is 0 Å². The quantitative estimate of drug-likeness (QED) is 0.453. The molecule has 140 valence electrons. The molecule has 2 aromatic heterocycles. The molecule has 0 saturated heterocycles. The fourth-order valence-corrected chi connectivity index (χ4v) is 4.63. The van der Waals surface area contributed by atoms with Crippen LogP contribution in [-0.2, 0) is 6.42 Å². The average molecular weight is 379 g/mol. The highest BCUT2D eigenvalue weighted by Gasteiger charge is 2.23. The van der Waals surface area contributed by atoms with Crippen LogP contribution >= 0.6 is 0 Å². The van der Waals surface area contributed by atoms with Crippen molar-refractivity contribution in [3.63, 3.8) is 0 Å². The summed E-state index contributed by atoms with van der Waals surface area (Å²) in [7, 11) is -1.55. The van der Waals surface area contributed by atoms with Crippen LogP contribution in [0.3, 0.4) is 0 Å². The topological polar surface area (TPSA) is 58.5 Å². The van der Waals surface area contributed by atoms with E-state index < -0.39 is 7.12 Å². The molecule has 0 atom stereocenters. The van der Waals surface area contributed by atoms with Crippen molar-refractivity contribution < 1.29 is 14.5 Å². The first kappa shape index (κ1) is 16.7. The zero-order chi connectivity index (χ0) is 19.5. The summed E-state index contributed by atoms with van der Waals surface area (Å²) < 4.78 is 8.47. The molecule has 29 heavy (non-hydrogen) atoms. The van der Waals surface area contributed by atoms with Crippen molar-refractivity contribution in [2.24, 2.45) is 0 Å². The summed E-state index contributed by atoms with van der Waals surface area (Å²) in [4.78, 5) is 0. The van der Waals surface area contributed by atoms with Gasteiger partial charge in [-0.25, -0.2) is 0 Å². The second-order valence-corrected chi connectivity index (χ2v) is 7.50. The van der Waals surface area contributed by atoms with Crippen LogP contribution in [0.2, 0.25) is 0 Å². The van der Waals surface area contributed by atoms with Gasteiger partial charge in [-0.05, 0) is 30.7 Å². The van der Waals surface area contributed by atoms with Crippen molar-refractivity contribution in [3.05, 3.63) is 78.1 Å². The van der Waals surface area contributed by atoms with Crippen molar-refractivity contribution in [1.82, 2.24) is 4.57 Å². The fourth-order valence-electron chi connectivity index (χ4n) is 4.63. The predicted molar refractivity (Wildman–Crippen MR) is 118 cm³/mol. The molecule has 0 amide bonds. The predicted octanol–water partition coefficient (Wildman–Crippen LogP) is 4.17. The van der Waals surface area contributed by atoms with Gasteiger partial charge in [0.2, 0.25) is 0 Å². The van der Waals surface area contributed by atoms with Gasteiger partial charge in [-0.1, -0.05) is 48.6 Å². The van der Waals surface area contributed by atoms with Gasteiger partial charge >= 0.3 is 7.12 Å². The molecule has 6 rings (SSSR count). The van der Waals surface area contributed by atoms with E-state index >= 15 is 0 Å². The highest BCUT2D eigenvalue weighted by Crippen LogP contribution is 2.40. The number of furan rings is 1. The molecular weight excluding hydrogens is 361 g/mol. The number of allylic oxidation sites excluding steroid dienone is 1. The molecule has 4 nitrogen and oxygen atoms in total. The zero-order valence-electron chi connectivity index (χ0n) is 15.7. The molecule has 0 fully saturated rings. The largest absolute Gasteiger partial charge is 0.490 e. The minimum absolute atomic E-state index is 0.469. The lowest BCUT2D eigenvalue weighted by Crippen LogP contribution is -2.33. The molecule has 2 N–H and O–H groups in total. The molecule has 1 aliphatic carbocycles. The number of rotatable bonds is 2. The average Bonchev–Trinajstić information content (AvgIpc) is 3.29. The van der Waals surface area contributed by atoms with E-state index in [0.717, 1.165) is 57.1 Å². The van der Waals surface area contributed by atoms with Crippen LogP contribution in [0.15, 0.2) is 71.2 Å². The molecule has 5 heteroatoms. The van der Waals surface area contributed by atoms with Crippen LogP contribution in [0, 0.1) is 0 Å². The van der Waals surface area contributed by atoms with E-state index in [4.69, 9.17) is 4.42 Å². The summed E-state index contributed by atoms with van der Waals surface area (Å²) in [6.07, 6.45) is 6.27. The van der Waals surface area contributed by atoms with Gasteiger partial charge in [-0.15, -0.1) is 0 Å². The molecule has 0 radical (unpaired) electrons. The third-order valence-corrected chi connectivity index (χ3v) is 5.89. The van der Waals surface area contributed by atoms with Crippen LogP contribution in [0.5, 0.6) is 0 Å². The van der Waals surface area contributed by atoms with E-state index in [0.29, 0.717) is 5.46 Å². The molecule has 2 heterocycles. The minimum Gasteiger partial charge on any atom is -0.460 e. The molecule has 3 aromatic carbocycles. The van der Waals surface area contributed by atoms with Gasteiger partial charge in [0.25, 0.3) is 0 Å². The normalized spacial score (nSPS) is 13.4. The number of hydrogen-bond acceptors (Lipinski definition) is 3. The Morgan fingerprint density at radius 3 is 2.59 bits per heavy atom. The van der Waals surface area contributed by atoms with Gasteiger partial charge in [-0.2, -0.15) is 0 Å². The maximum Gasteiger partial charge on any atom is 0.490 e. The van der Waals surface area contributed by atoms with Crippen molar-refractivity contribution >= 4 is 51.4 Å². The third kappa shape index (κ3) is 2.29. The Morgan fingerprint density at radius 1 is 0.862 bits per heavy atom.